The zero-order valence-electron chi connectivity index (χ0n) is 22.2. The average molecular weight is 530 g/mol. The van der Waals surface area contributed by atoms with Crippen molar-refractivity contribution in [2.24, 2.45) is 0 Å². The third-order valence-electron chi connectivity index (χ3n) is 4.81. The number of terminal acetylenes is 1. The fourth-order valence-corrected chi connectivity index (χ4v) is 3.28. The average Bonchev–Trinajstić information content (AvgIpc) is 3.39. The van der Waals surface area contributed by atoms with E-state index in [4.69, 9.17) is 11.2 Å². The number of rotatable bonds is 4. The van der Waals surface area contributed by atoms with Crippen LogP contribution in [0.15, 0.2) is 48.7 Å². The summed E-state index contributed by atoms with van der Waals surface area (Å²) in [5.41, 5.74) is 3.80. The van der Waals surface area contributed by atoms with Crippen LogP contribution in [0.25, 0.3) is 10.9 Å². The fraction of sp³-hybridized carbons (Fsp3) is 0.0513. The van der Waals surface area contributed by atoms with Crippen molar-refractivity contribution in [3.8, 4) is 137 Å². The molecular weight excluding hydrogens is 514 g/mol. The van der Waals surface area contributed by atoms with Crippen LogP contribution in [0.4, 0.5) is 0 Å². The molecule has 0 saturated carbocycles. The van der Waals surface area contributed by atoms with Crippen LogP contribution in [0.2, 0.25) is 0 Å². The van der Waals surface area contributed by atoms with Crippen LogP contribution in [-0.4, -0.2) is 10.9 Å². The molecule has 0 N–H and O–H groups in total. The summed E-state index contributed by atoms with van der Waals surface area (Å²) in [4.78, 5) is 11.0. The van der Waals surface area contributed by atoms with Crippen molar-refractivity contribution in [2.45, 2.75) is 13.5 Å². The first kappa shape index (κ1) is 29.2. The molecule has 3 heteroatoms. The Kier molecular flexibility index (Phi) is 11.9. The third-order valence-corrected chi connectivity index (χ3v) is 4.81. The second-order valence-electron chi connectivity index (χ2n) is 7.76. The minimum atomic E-state index is 0.619. The van der Waals surface area contributed by atoms with Crippen molar-refractivity contribution in [2.75, 3.05) is 0 Å². The molecule has 188 valence electrons. The van der Waals surface area contributed by atoms with Crippen molar-refractivity contribution in [3.63, 3.8) is 0 Å². The zero-order chi connectivity index (χ0) is 29.7. The van der Waals surface area contributed by atoms with Crippen molar-refractivity contribution in [1.29, 1.82) is 0 Å². The molecule has 0 radical (unpaired) electrons. The van der Waals surface area contributed by atoms with Crippen molar-refractivity contribution >= 4 is 17.2 Å². The van der Waals surface area contributed by atoms with Crippen LogP contribution in [0.5, 0.6) is 5.75 Å². The number of carbonyl (C=O) groups excluding carboxylic acids is 1. The lowest BCUT2D eigenvalue weighted by Crippen LogP contribution is -1.99. The Morgan fingerprint density at radius 2 is 1.24 bits per heavy atom. The van der Waals surface area contributed by atoms with Gasteiger partial charge in [0.15, 0.2) is 0 Å². The summed E-state index contributed by atoms with van der Waals surface area (Å²) in [6.07, 6.45) is 10.4. The topological polar surface area (TPSA) is 31.2 Å². The predicted molar refractivity (Wildman–Crippen MR) is 165 cm³/mol. The molecule has 1 heterocycles. The second kappa shape index (κ2) is 17.2. The first-order chi connectivity index (χ1) is 20.7. The number of nitrogens with zero attached hydrogens (tertiary/aromatic N) is 1. The van der Waals surface area contributed by atoms with Gasteiger partial charge in [-0.3, -0.25) is 4.79 Å². The lowest BCUT2D eigenvalue weighted by Gasteiger charge is -2.09. The van der Waals surface area contributed by atoms with Gasteiger partial charge in [0, 0.05) is 100 Å². The Balaban J connectivity index is 1.50. The van der Waals surface area contributed by atoms with Gasteiger partial charge in [-0.25, -0.2) is 0 Å². The Morgan fingerprint density at radius 3 is 1.79 bits per heavy atom. The van der Waals surface area contributed by atoms with Gasteiger partial charge < -0.3 is 9.30 Å². The summed E-state index contributed by atoms with van der Waals surface area (Å²) in [5, 5.41) is 1.01. The number of aromatic nitrogens is 1. The van der Waals surface area contributed by atoms with Crippen LogP contribution in [-0.2, 0) is 6.54 Å². The molecule has 3 rings (SSSR count). The van der Waals surface area contributed by atoms with Gasteiger partial charge in [-0.2, -0.15) is 0 Å². The summed E-state index contributed by atoms with van der Waals surface area (Å²) in [6, 6.07) is 13.5. The van der Waals surface area contributed by atoms with Crippen LogP contribution in [0.3, 0.4) is 0 Å². The van der Waals surface area contributed by atoms with Crippen molar-refractivity contribution in [1.82, 2.24) is 4.57 Å². The number of benzene rings is 2. The Labute approximate surface area is 246 Å². The van der Waals surface area contributed by atoms with Crippen LogP contribution < -0.4 is 4.74 Å². The molecule has 0 fully saturated rings. The standard InChI is InChI=1S/C39H15NO2/c1-3-4-5-6-7-8-9-10-11-12-13-14-15-16-17-18-19-20-21-22-27-42-38-29-34(2)28-36(31-38)32-40-26-25-37-30-35(33-41)23-24-39(37)40/h1,23-26,28-31,33H,32H2,2H3. The number of hydrogen-bond acceptors (Lipinski definition) is 2. The van der Waals surface area contributed by atoms with Crippen LogP contribution in [0.1, 0.15) is 21.5 Å². The van der Waals surface area contributed by atoms with Gasteiger partial charge in [-0.1, -0.05) is 6.07 Å². The Bertz CT molecular complexity index is 2240. The molecule has 42 heavy (non-hydrogen) atoms. The molecule has 2 aromatic carbocycles. The molecule has 0 unspecified atom stereocenters. The van der Waals surface area contributed by atoms with E-state index in [-0.39, 0.29) is 0 Å². The van der Waals surface area contributed by atoms with E-state index in [9.17, 15) is 4.79 Å². The van der Waals surface area contributed by atoms with E-state index in [1.165, 1.54) is 0 Å². The monoisotopic (exact) mass is 529 g/mol. The maximum Gasteiger partial charge on any atom is 0.150 e. The molecular formula is C39H15NO2. The van der Waals surface area contributed by atoms with Crippen molar-refractivity contribution in [3.05, 3.63) is 65.4 Å². The van der Waals surface area contributed by atoms with Crippen LogP contribution in [0, 0.1) is 138 Å². The highest BCUT2D eigenvalue weighted by Crippen LogP contribution is 2.21. The van der Waals surface area contributed by atoms with E-state index < -0.39 is 0 Å². The molecule has 1 aromatic heterocycles. The number of aldehydes is 1. The van der Waals surface area contributed by atoms with Crippen LogP contribution >= 0.6 is 0 Å². The Morgan fingerprint density at radius 1 is 0.690 bits per heavy atom. The third kappa shape index (κ3) is 10.5. The molecule has 0 spiro atoms. The number of carbonyl (C=O) groups is 1. The van der Waals surface area contributed by atoms with Crippen molar-refractivity contribution < 1.29 is 9.53 Å². The first-order valence-corrected chi connectivity index (χ1v) is 12.0. The van der Waals surface area contributed by atoms with E-state index in [1.54, 1.807) is 0 Å². The minimum absolute atomic E-state index is 0.619. The number of hydrogen-bond donors (Lipinski definition) is 0. The highest BCUT2D eigenvalue weighted by molar-refractivity contribution is 5.87. The maximum absolute atomic E-state index is 11.0. The fourth-order valence-electron chi connectivity index (χ4n) is 3.28. The molecule has 0 bridgehead atoms. The lowest BCUT2D eigenvalue weighted by atomic mass is 10.1. The molecule has 0 saturated heterocycles. The first-order valence-electron chi connectivity index (χ1n) is 12.0. The summed E-state index contributed by atoms with van der Waals surface area (Å²) < 4.78 is 7.67. The minimum Gasteiger partial charge on any atom is -0.407 e. The van der Waals surface area contributed by atoms with E-state index in [0.29, 0.717) is 17.9 Å². The van der Waals surface area contributed by atoms with E-state index >= 15 is 0 Å². The highest BCUT2D eigenvalue weighted by Gasteiger charge is 2.05. The predicted octanol–water partition coefficient (Wildman–Crippen LogP) is 3.81. The van der Waals surface area contributed by atoms with Gasteiger partial charge in [-0.15, -0.1) is 6.42 Å². The number of aryl methyl sites for hydroxylation is 1. The molecule has 0 aliphatic heterocycles. The molecule has 0 amide bonds. The normalized spacial score (nSPS) is 7.33. The lowest BCUT2D eigenvalue weighted by molar-refractivity contribution is 0.112. The zero-order valence-corrected chi connectivity index (χ0v) is 22.2. The molecule has 0 aliphatic rings. The van der Waals surface area contributed by atoms with Gasteiger partial charge in [0.05, 0.1) is 0 Å². The second-order valence-corrected chi connectivity index (χ2v) is 7.76. The molecule has 3 nitrogen and oxygen atoms in total. The number of ether oxygens (including phenoxy) is 1. The summed E-state index contributed by atoms with van der Waals surface area (Å²) in [7, 11) is 0. The SMILES string of the molecule is C#CC#CC#CC#CC#CC#CC#CC#CC#CC#CC#COc1cc(C)cc(Cn2ccc3cc(C=O)ccc32)c1. The summed E-state index contributed by atoms with van der Waals surface area (Å²) >= 11 is 0. The van der Waals surface area contributed by atoms with E-state index in [1.807, 2.05) is 49.5 Å². The molecule has 0 aliphatic carbocycles. The summed E-state index contributed by atoms with van der Waals surface area (Å²) in [5.74, 6) is 50.4. The van der Waals surface area contributed by atoms with Gasteiger partial charge in [0.2, 0.25) is 0 Å². The quantitative estimate of drug-likeness (QED) is 0.380. The van der Waals surface area contributed by atoms with Gasteiger partial charge in [0.25, 0.3) is 0 Å². The number of fused-ring (bicyclic) bond motifs is 1. The molecule has 3 aromatic rings. The Hall–Kier alpha value is -7.39. The van der Waals surface area contributed by atoms with E-state index in [2.05, 4.69) is 135 Å². The van der Waals surface area contributed by atoms with Gasteiger partial charge in [0.1, 0.15) is 18.1 Å². The summed E-state index contributed by atoms with van der Waals surface area (Å²) in [6.45, 7) is 2.64. The maximum atomic E-state index is 11.0. The smallest absolute Gasteiger partial charge is 0.150 e. The van der Waals surface area contributed by atoms with Gasteiger partial charge in [-0.05, 0) is 102 Å². The largest absolute Gasteiger partial charge is 0.407 e. The van der Waals surface area contributed by atoms with Gasteiger partial charge >= 0.3 is 0 Å². The molecule has 0 atom stereocenters. The van der Waals surface area contributed by atoms with E-state index in [0.717, 1.165) is 28.3 Å². The highest BCUT2D eigenvalue weighted by atomic mass is 16.5.